The van der Waals surface area contributed by atoms with Crippen molar-refractivity contribution in [3.05, 3.63) is 0 Å². The van der Waals surface area contributed by atoms with Gasteiger partial charge in [-0.15, -0.1) is 0 Å². The number of hydrogen-bond acceptors (Lipinski definition) is 1. The first-order chi connectivity index (χ1) is 3.75. The lowest BCUT2D eigenvalue weighted by molar-refractivity contribution is 0.520. The van der Waals surface area contributed by atoms with E-state index in [1.54, 1.807) is 0 Å². The number of nitrogens with two attached hydrogens (primary N) is 1. The third kappa shape index (κ3) is 1.03. The zero-order valence-electron chi connectivity index (χ0n) is 5.72. The molecule has 0 amide bonds. The van der Waals surface area contributed by atoms with Crippen LogP contribution in [0.4, 0.5) is 0 Å². The zero-order valence-corrected chi connectivity index (χ0v) is 5.72. The monoisotopic (exact) mass is 113 g/mol. The average Bonchev–Trinajstić information content (AvgIpc) is 2.42. The van der Waals surface area contributed by atoms with Crippen molar-refractivity contribution in [2.45, 2.75) is 20.3 Å². The normalized spacial score (nSPS) is 36.0. The van der Waals surface area contributed by atoms with E-state index in [-0.39, 0.29) is 0 Å². The summed E-state index contributed by atoms with van der Waals surface area (Å²) in [6.45, 7) is 5.46. The predicted molar refractivity (Wildman–Crippen MR) is 35.5 cm³/mol. The molecule has 0 aromatic heterocycles. The molecule has 2 N–H and O–H groups in total. The van der Waals surface area contributed by atoms with Crippen LogP contribution in [0.25, 0.3) is 0 Å². The minimum atomic E-state index is 0.864. The summed E-state index contributed by atoms with van der Waals surface area (Å²) in [4.78, 5) is 0. The molecule has 0 radical (unpaired) electrons. The molecule has 1 heteroatoms. The molecule has 48 valence electrons. The summed E-state index contributed by atoms with van der Waals surface area (Å²) in [5.74, 6) is 2.69. The Labute approximate surface area is 51.3 Å². The van der Waals surface area contributed by atoms with Crippen LogP contribution in [0.2, 0.25) is 0 Å². The third-order valence-corrected chi connectivity index (χ3v) is 2.14. The molecule has 1 nitrogen and oxygen atoms in total. The van der Waals surface area contributed by atoms with Gasteiger partial charge in [0.2, 0.25) is 0 Å². The van der Waals surface area contributed by atoms with Crippen molar-refractivity contribution in [1.82, 2.24) is 0 Å². The van der Waals surface area contributed by atoms with E-state index in [9.17, 15) is 0 Å². The van der Waals surface area contributed by atoms with Crippen LogP contribution in [0.15, 0.2) is 0 Å². The van der Waals surface area contributed by atoms with Crippen molar-refractivity contribution in [3.63, 3.8) is 0 Å². The minimum Gasteiger partial charge on any atom is -0.330 e. The van der Waals surface area contributed by atoms with E-state index in [0.29, 0.717) is 0 Å². The minimum absolute atomic E-state index is 0.864. The Morgan fingerprint density at radius 3 is 2.38 bits per heavy atom. The van der Waals surface area contributed by atoms with E-state index in [4.69, 9.17) is 5.73 Å². The maximum Gasteiger partial charge on any atom is -0.00460 e. The topological polar surface area (TPSA) is 26.0 Å². The molecule has 0 heterocycles. The molecule has 1 aliphatic carbocycles. The number of hydrogen-bond donors (Lipinski definition) is 1. The van der Waals surface area contributed by atoms with Gasteiger partial charge in [-0.1, -0.05) is 13.8 Å². The molecule has 0 spiro atoms. The molecule has 1 rings (SSSR count). The summed E-state index contributed by atoms with van der Waals surface area (Å²) in [7, 11) is 0. The molecule has 0 aliphatic heterocycles. The van der Waals surface area contributed by atoms with Gasteiger partial charge in [-0.3, -0.25) is 0 Å². The maximum atomic E-state index is 5.46. The van der Waals surface area contributed by atoms with Gasteiger partial charge >= 0.3 is 0 Å². The van der Waals surface area contributed by atoms with Crippen molar-refractivity contribution in [2.24, 2.45) is 23.5 Å². The molecule has 8 heavy (non-hydrogen) atoms. The van der Waals surface area contributed by atoms with E-state index in [0.717, 1.165) is 24.3 Å². The van der Waals surface area contributed by atoms with Gasteiger partial charge < -0.3 is 5.73 Å². The lowest BCUT2D eigenvalue weighted by Gasteiger charge is -1.98. The van der Waals surface area contributed by atoms with Crippen molar-refractivity contribution in [2.75, 3.05) is 6.54 Å². The van der Waals surface area contributed by atoms with Crippen LogP contribution in [-0.2, 0) is 0 Å². The Morgan fingerprint density at radius 1 is 1.62 bits per heavy atom. The quantitative estimate of drug-likeness (QED) is 0.573. The first-order valence-corrected chi connectivity index (χ1v) is 3.45. The Morgan fingerprint density at radius 2 is 2.25 bits per heavy atom. The molecule has 1 saturated carbocycles. The van der Waals surface area contributed by atoms with Crippen LogP contribution in [-0.4, -0.2) is 6.54 Å². The highest BCUT2D eigenvalue weighted by Crippen LogP contribution is 2.42. The van der Waals surface area contributed by atoms with Crippen LogP contribution in [0.3, 0.4) is 0 Å². The van der Waals surface area contributed by atoms with E-state index in [1.807, 2.05) is 0 Å². The summed E-state index contributed by atoms with van der Waals surface area (Å²) in [5, 5.41) is 0. The molecule has 1 aliphatic rings. The Hall–Kier alpha value is -0.0400. The predicted octanol–water partition coefficient (Wildman–Crippen LogP) is 1.24. The van der Waals surface area contributed by atoms with Gasteiger partial charge in [-0.2, -0.15) is 0 Å². The Balaban J connectivity index is 2.16. The van der Waals surface area contributed by atoms with Gasteiger partial charge in [0.15, 0.2) is 0 Å². The molecule has 0 unspecified atom stereocenters. The summed E-state index contributed by atoms with van der Waals surface area (Å²) >= 11 is 0. The fourth-order valence-electron chi connectivity index (χ4n) is 1.36. The SMILES string of the molecule is CC(C)[C@H]1C[C@H]1CN. The summed E-state index contributed by atoms with van der Waals surface area (Å²) in [6.07, 6.45) is 1.38. The summed E-state index contributed by atoms with van der Waals surface area (Å²) in [6, 6.07) is 0. The Kier molecular flexibility index (Phi) is 1.57. The molecular formula is C7H15N. The van der Waals surface area contributed by atoms with Crippen molar-refractivity contribution < 1.29 is 0 Å². The van der Waals surface area contributed by atoms with Gasteiger partial charge in [0, 0.05) is 0 Å². The number of rotatable bonds is 2. The highest BCUT2D eigenvalue weighted by atomic mass is 14.6. The van der Waals surface area contributed by atoms with Crippen molar-refractivity contribution >= 4 is 0 Å². The molecule has 0 aromatic rings. The molecule has 1 fully saturated rings. The summed E-state index contributed by atoms with van der Waals surface area (Å²) in [5.41, 5.74) is 5.46. The fourth-order valence-corrected chi connectivity index (χ4v) is 1.36. The zero-order chi connectivity index (χ0) is 6.15. The van der Waals surface area contributed by atoms with Crippen LogP contribution >= 0.6 is 0 Å². The average molecular weight is 113 g/mol. The molecule has 0 aromatic carbocycles. The fraction of sp³-hybridized carbons (Fsp3) is 1.00. The van der Waals surface area contributed by atoms with E-state index >= 15 is 0 Å². The first-order valence-electron chi connectivity index (χ1n) is 3.45. The van der Waals surface area contributed by atoms with Crippen molar-refractivity contribution in [1.29, 1.82) is 0 Å². The van der Waals surface area contributed by atoms with Gasteiger partial charge in [-0.05, 0) is 30.7 Å². The van der Waals surface area contributed by atoms with E-state index in [1.165, 1.54) is 6.42 Å². The molecule has 2 atom stereocenters. The molecule has 0 bridgehead atoms. The van der Waals surface area contributed by atoms with E-state index < -0.39 is 0 Å². The molecular weight excluding hydrogens is 98.1 g/mol. The van der Waals surface area contributed by atoms with Crippen LogP contribution in [0.5, 0.6) is 0 Å². The lowest BCUT2D eigenvalue weighted by Crippen LogP contribution is -2.04. The highest BCUT2D eigenvalue weighted by molar-refractivity contribution is 4.88. The second kappa shape index (κ2) is 2.06. The second-order valence-corrected chi connectivity index (χ2v) is 3.14. The second-order valence-electron chi connectivity index (χ2n) is 3.14. The molecule has 0 saturated heterocycles. The standard InChI is InChI=1S/C7H15N/c1-5(2)7-3-6(7)4-8/h5-7H,3-4,8H2,1-2H3/t6-,7+/m0/s1. The van der Waals surface area contributed by atoms with Crippen LogP contribution in [0, 0.1) is 17.8 Å². The van der Waals surface area contributed by atoms with Gasteiger partial charge in [-0.25, -0.2) is 0 Å². The van der Waals surface area contributed by atoms with Crippen molar-refractivity contribution in [3.8, 4) is 0 Å². The van der Waals surface area contributed by atoms with Crippen LogP contribution in [0.1, 0.15) is 20.3 Å². The van der Waals surface area contributed by atoms with E-state index in [2.05, 4.69) is 13.8 Å². The first kappa shape index (κ1) is 6.09. The highest BCUT2D eigenvalue weighted by Gasteiger charge is 2.37. The summed E-state index contributed by atoms with van der Waals surface area (Å²) < 4.78 is 0. The van der Waals surface area contributed by atoms with Gasteiger partial charge in [0.1, 0.15) is 0 Å². The lowest BCUT2D eigenvalue weighted by atomic mass is 10.1. The Bertz CT molecular complexity index is 78.5. The van der Waals surface area contributed by atoms with Crippen LogP contribution < -0.4 is 5.73 Å². The van der Waals surface area contributed by atoms with Gasteiger partial charge in [0.25, 0.3) is 0 Å². The maximum absolute atomic E-state index is 5.46. The smallest absolute Gasteiger partial charge is 0.00460 e. The van der Waals surface area contributed by atoms with Gasteiger partial charge in [0.05, 0.1) is 0 Å². The largest absolute Gasteiger partial charge is 0.330 e. The third-order valence-electron chi connectivity index (χ3n) is 2.14.